The SMILES string of the molecule is CC(C)(C)NCC1(C2CCS(=O)(=O)C2)CCOC1C1CC1. The molecule has 2 aliphatic heterocycles. The summed E-state index contributed by atoms with van der Waals surface area (Å²) in [5.74, 6) is 1.67. The lowest BCUT2D eigenvalue weighted by Gasteiger charge is -2.41. The molecule has 0 spiro atoms. The van der Waals surface area contributed by atoms with Crippen molar-refractivity contribution >= 4 is 9.84 Å². The Balaban J connectivity index is 1.83. The van der Waals surface area contributed by atoms with Crippen LogP contribution in [0.5, 0.6) is 0 Å². The molecular formula is C16H29NO3S. The van der Waals surface area contributed by atoms with Gasteiger partial charge in [0.2, 0.25) is 0 Å². The first-order chi connectivity index (χ1) is 9.72. The molecule has 5 heteroatoms. The molecule has 0 amide bonds. The van der Waals surface area contributed by atoms with Crippen LogP contribution in [0.4, 0.5) is 0 Å². The maximum atomic E-state index is 12.0. The largest absolute Gasteiger partial charge is 0.377 e. The average molecular weight is 315 g/mol. The highest BCUT2D eigenvalue weighted by Gasteiger charge is 2.56. The summed E-state index contributed by atoms with van der Waals surface area (Å²) in [6.45, 7) is 8.21. The zero-order valence-corrected chi connectivity index (χ0v) is 14.3. The smallest absolute Gasteiger partial charge is 0.150 e. The molecule has 4 nitrogen and oxygen atoms in total. The fraction of sp³-hybridized carbons (Fsp3) is 1.00. The summed E-state index contributed by atoms with van der Waals surface area (Å²) in [5, 5.41) is 3.65. The Hall–Kier alpha value is -0.130. The van der Waals surface area contributed by atoms with Crippen molar-refractivity contribution in [3.8, 4) is 0 Å². The van der Waals surface area contributed by atoms with Crippen LogP contribution >= 0.6 is 0 Å². The number of hydrogen-bond acceptors (Lipinski definition) is 4. The number of sulfone groups is 1. The summed E-state index contributed by atoms with van der Waals surface area (Å²) >= 11 is 0. The molecule has 1 N–H and O–H groups in total. The van der Waals surface area contributed by atoms with Crippen LogP contribution in [0.2, 0.25) is 0 Å². The molecule has 0 radical (unpaired) electrons. The van der Waals surface area contributed by atoms with Crippen LogP contribution in [0.15, 0.2) is 0 Å². The summed E-state index contributed by atoms with van der Waals surface area (Å²) in [5.41, 5.74) is 0.0825. The van der Waals surface area contributed by atoms with Crippen molar-refractivity contribution < 1.29 is 13.2 Å². The van der Waals surface area contributed by atoms with Gasteiger partial charge in [0.05, 0.1) is 17.6 Å². The normalized spacial score (nSPS) is 39.8. The highest BCUT2D eigenvalue weighted by atomic mass is 32.2. The number of rotatable bonds is 4. The molecule has 1 aliphatic carbocycles. The molecule has 21 heavy (non-hydrogen) atoms. The Morgan fingerprint density at radius 2 is 1.95 bits per heavy atom. The Morgan fingerprint density at radius 1 is 1.24 bits per heavy atom. The van der Waals surface area contributed by atoms with Gasteiger partial charge in [0, 0.05) is 24.1 Å². The topological polar surface area (TPSA) is 55.4 Å². The van der Waals surface area contributed by atoms with Gasteiger partial charge in [-0.15, -0.1) is 0 Å². The molecule has 122 valence electrons. The van der Waals surface area contributed by atoms with Gasteiger partial charge in [-0.3, -0.25) is 0 Å². The monoisotopic (exact) mass is 315 g/mol. The van der Waals surface area contributed by atoms with Crippen LogP contribution in [0.3, 0.4) is 0 Å². The summed E-state index contributed by atoms with van der Waals surface area (Å²) in [7, 11) is -2.84. The molecule has 0 aromatic carbocycles. The highest BCUT2D eigenvalue weighted by Crippen LogP contribution is 2.53. The first-order valence-electron chi connectivity index (χ1n) is 8.29. The van der Waals surface area contributed by atoms with Gasteiger partial charge in [-0.05, 0) is 58.3 Å². The number of hydrogen-bond donors (Lipinski definition) is 1. The Morgan fingerprint density at radius 3 is 2.48 bits per heavy atom. The van der Waals surface area contributed by atoms with E-state index in [4.69, 9.17) is 4.74 Å². The van der Waals surface area contributed by atoms with Crippen molar-refractivity contribution in [2.75, 3.05) is 24.7 Å². The van der Waals surface area contributed by atoms with E-state index >= 15 is 0 Å². The van der Waals surface area contributed by atoms with Crippen LogP contribution in [0.25, 0.3) is 0 Å². The molecule has 2 saturated heterocycles. The average Bonchev–Trinajstić information content (AvgIpc) is 3.00. The zero-order valence-electron chi connectivity index (χ0n) is 13.5. The molecule has 2 heterocycles. The molecule has 0 bridgehead atoms. The molecule has 3 unspecified atom stereocenters. The van der Waals surface area contributed by atoms with E-state index in [1.807, 2.05) is 0 Å². The van der Waals surface area contributed by atoms with E-state index in [0.717, 1.165) is 26.0 Å². The third-order valence-electron chi connectivity index (χ3n) is 5.48. The summed E-state index contributed by atoms with van der Waals surface area (Å²) in [6.07, 6.45) is 4.60. The lowest BCUT2D eigenvalue weighted by Crippen LogP contribution is -2.51. The molecule has 3 atom stereocenters. The second-order valence-corrected chi connectivity index (χ2v) is 10.5. The van der Waals surface area contributed by atoms with E-state index in [-0.39, 0.29) is 23.0 Å². The van der Waals surface area contributed by atoms with Gasteiger partial charge in [0.15, 0.2) is 9.84 Å². The quantitative estimate of drug-likeness (QED) is 0.862. The molecular weight excluding hydrogens is 286 g/mol. The van der Waals surface area contributed by atoms with Crippen molar-refractivity contribution in [3.63, 3.8) is 0 Å². The fourth-order valence-electron chi connectivity index (χ4n) is 4.14. The summed E-state index contributed by atoms with van der Waals surface area (Å²) < 4.78 is 30.0. The van der Waals surface area contributed by atoms with E-state index < -0.39 is 9.84 Å². The third-order valence-corrected chi connectivity index (χ3v) is 7.24. The Kier molecular flexibility index (Phi) is 3.90. The molecule has 3 aliphatic rings. The molecule has 0 aromatic heterocycles. The highest BCUT2D eigenvalue weighted by molar-refractivity contribution is 7.91. The van der Waals surface area contributed by atoms with E-state index in [2.05, 4.69) is 26.1 Å². The lowest BCUT2D eigenvalue weighted by atomic mass is 9.68. The predicted octanol–water partition coefficient (Wildman–Crippen LogP) is 1.99. The minimum atomic E-state index is -2.84. The molecule has 3 rings (SSSR count). The minimum Gasteiger partial charge on any atom is -0.377 e. The zero-order chi connectivity index (χ0) is 15.3. The van der Waals surface area contributed by atoms with Crippen molar-refractivity contribution in [2.45, 2.75) is 58.1 Å². The second-order valence-electron chi connectivity index (χ2n) is 8.32. The predicted molar refractivity (Wildman–Crippen MR) is 84.0 cm³/mol. The van der Waals surface area contributed by atoms with Crippen LogP contribution in [0, 0.1) is 17.3 Å². The van der Waals surface area contributed by atoms with Crippen LogP contribution < -0.4 is 5.32 Å². The first-order valence-corrected chi connectivity index (χ1v) is 10.1. The number of nitrogens with one attached hydrogen (secondary N) is 1. The number of ether oxygens (including phenoxy) is 1. The van der Waals surface area contributed by atoms with Gasteiger partial charge in [-0.25, -0.2) is 8.42 Å². The Bertz CT molecular complexity index is 492. The lowest BCUT2D eigenvalue weighted by molar-refractivity contribution is 0.00204. The van der Waals surface area contributed by atoms with Crippen LogP contribution in [-0.2, 0) is 14.6 Å². The van der Waals surface area contributed by atoms with E-state index in [9.17, 15) is 8.42 Å². The van der Waals surface area contributed by atoms with Gasteiger partial charge in [-0.1, -0.05) is 0 Å². The summed E-state index contributed by atoms with van der Waals surface area (Å²) in [4.78, 5) is 0. The maximum absolute atomic E-state index is 12.0. The van der Waals surface area contributed by atoms with Gasteiger partial charge in [0.25, 0.3) is 0 Å². The van der Waals surface area contributed by atoms with Crippen molar-refractivity contribution in [3.05, 3.63) is 0 Å². The molecule has 0 aromatic rings. The van der Waals surface area contributed by atoms with Gasteiger partial charge in [0.1, 0.15) is 0 Å². The first kappa shape index (κ1) is 15.8. The maximum Gasteiger partial charge on any atom is 0.150 e. The molecule has 1 saturated carbocycles. The van der Waals surface area contributed by atoms with Gasteiger partial charge < -0.3 is 10.1 Å². The van der Waals surface area contributed by atoms with E-state index in [1.54, 1.807) is 0 Å². The summed E-state index contributed by atoms with van der Waals surface area (Å²) in [6, 6.07) is 0. The van der Waals surface area contributed by atoms with Crippen molar-refractivity contribution in [2.24, 2.45) is 17.3 Å². The second kappa shape index (κ2) is 5.20. The fourth-order valence-corrected chi connectivity index (χ4v) is 6.06. The van der Waals surface area contributed by atoms with Gasteiger partial charge in [-0.2, -0.15) is 0 Å². The van der Waals surface area contributed by atoms with Crippen LogP contribution in [0.1, 0.15) is 46.5 Å². The van der Waals surface area contributed by atoms with E-state index in [0.29, 0.717) is 17.4 Å². The molecule has 3 fully saturated rings. The standard InChI is InChI=1S/C16H29NO3S/c1-15(2,3)17-11-16(13-6-9-21(18,19)10-13)7-8-20-14(16)12-4-5-12/h12-14,17H,4-11H2,1-3H3. The Labute approximate surface area is 128 Å². The van der Waals surface area contributed by atoms with Gasteiger partial charge >= 0.3 is 0 Å². The van der Waals surface area contributed by atoms with Crippen molar-refractivity contribution in [1.29, 1.82) is 0 Å². The van der Waals surface area contributed by atoms with E-state index in [1.165, 1.54) is 12.8 Å². The minimum absolute atomic E-state index is 0.0258. The van der Waals surface area contributed by atoms with Crippen molar-refractivity contribution in [1.82, 2.24) is 5.32 Å². The third kappa shape index (κ3) is 3.30. The van der Waals surface area contributed by atoms with Crippen LogP contribution in [-0.4, -0.2) is 44.7 Å².